The molecule has 0 aliphatic carbocycles. The summed E-state index contributed by atoms with van der Waals surface area (Å²) in [5, 5.41) is 20.2. The normalized spacial score (nSPS) is 25.9. The summed E-state index contributed by atoms with van der Waals surface area (Å²) < 4.78 is 31.0. The van der Waals surface area contributed by atoms with E-state index in [0.29, 0.717) is 11.8 Å². The smallest absolute Gasteiger partial charge is 0.363 e. The number of carboxylic acids is 1. The van der Waals surface area contributed by atoms with Gasteiger partial charge in [-0.15, -0.1) is 9.58 Å². The zero-order chi connectivity index (χ0) is 26.1. The Balaban J connectivity index is 2.04. The number of hydrogen-bond donors (Lipinski definition) is 2. The molecule has 1 saturated heterocycles. The van der Waals surface area contributed by atoms with Crippen LogP contribution in [-0.4, -0.2) is 109 Å². The Morgan fingerprint density at radius 1 is 1.40 bits per heavy atom. The molecule has 0 bridgehead atoms. The first-order valence-corrected chi connectivity index (χ1v) is 13.5. The third-order valence-corrected chi connectivity index (χ3v) is 9.46. The van der Waals surface area contributed by atoms with Crippen LogP contribution in [0.1, 0.15) is 6.92 Å². The molecule has 2 N–H and O–H groups in total. The van der Waals surface area contributed by atoms with Crippen LogP contribution in [-0.2, 0) is 45.6 Å². The van der Waals surface area contributed by atoms with Gasteiger partial charge < -0.3 is 15.2 Å². The van der Waals surface area contributed by atoms with E-state index in [1.165, 1.54) is 4.68 Å². The summed E-state index contributed by atoms with van der Waals surface area (Å²) in [5.41, 5.74) is -0.397. The highest BCUT2D eigenvalue weighted by molar-refractivity contribution is 8.14. The summed E-state index contributed by atoms with van der Waals surface area (Å²) in [6.45, 7) is 1.11. The van der Waals surface area contributed by atoms with Crippen LogP contribution in [0.4, 0.5) is 0 Å². The van der Waals surface area contributed by atoms with Crippen molar-refractivity contribution in [3.8, 4) is 0 Å². The number of nitrogens with zero attached hydrogens (tertiary/aromatic N) is 5. The number of rotatable bonds is 10. The number of aliphatic carboxylic acids is 1. The van der Waals surface area contributed by atoms with Crippen molar-refractivity contribution in [2.45, 2.75) is 29.6 Å². The first-order chi connectivity index (χ1) is 16.4. The van der Waals surface area contributed by atoms with Gasteiger partial charge in [0.2, 0.25) is 38.1 Å². The van der Waals surface area contributed by atoms with Gasteiger partial charge in [-0.1, -0.05) is 23.5 Å². The molecule has 3 rings (SSSR count). The summed E-state index contributed by atoms with van der Waals surface area (Å²) in [4.78, 5) is 61.3. The minimum Gasteiger partial charge on any atom is -0.480 e. The van der Waals surface area contributed by atoms with Crippen molar-refractivity contribution in [2.24, 2.45) is 7.05 Å². The largest absolute Gasteiger partial charge is 0.480 e. The monoisotopic (exact) mass is 549 g/mol. The van der Waals surface area contributed by atoms with Gasteiger partial charge >= 0.3 is 18.3 Å². The molecule has 4 atom stereocenters. The number of ether oxygens (including phenoxy) is 1. The Labute approximate surface area is 207 Å². The highest BCUT2D eigenvalue weighted by Crippen LogP contribution is 2.46. The second-order valence-corrected chi connectivity index (χ2v) is 11.6. The predicted octanol–water partition coefficient (Wildman–Crippen LogP) is -2.31. The average Bonchev–Trinajstić information content (AvgIpc) is 3.19. The lowest BCUT2D eigenvalue weighted by Crippen LogP contribution is -2.81. The number of fused-ring (bicyclic) bond motifs is 1. The van der Waals surface area contributed by atoms with E-state index in [1.807, 2.05) is 0 Å². The molecule has 0 saturated carbocycles. The number of quaternary nitrogens is 1. The molecule has 35 heavy (non-hydrogen) atoms. The van der Waals surface area contributed by atoms with Crippen molar-refractivity contribution in [1.29, 1.82) is 0 Å². The number of thioether (sulfide) groups is 2. The Morgan fingerprint density at radius 2 is 2.09 bits per heavy atom. The van der Waals surface area contributed by atoms with Crippen molar-refractivity contribution in [3.63, 3.8) is 0 Å². The molecular formula is C17H21N6O9S3+. The van der Waals surface area contributed by atoms with E-state index in [-0.39, 0.29) is 28.6 Å². The number of β-lactam (4-membered cyclic amide) rings is 1. The third-order valence-electron chi connectivity index (χ3n) is 5.34. The number of carbonyl (C=O) groups is 5. The second-order valence-electron chi connectivity index (χ2n) is 7.59. The first-order valence-electron chi connectivity index (χ1n) is 9.79. The van der Waals surface area contributed by atoms with E-state index in [4.69, 9.17) is 4.74 Å². The van der Waals surface area contributed by atoms with Crippen molar-refractivity contribution in [2.75, 3.05) is 24.4 Å². The molecule has 190 valence electrons. The maximum Gasteiger partial charge on any atom is 0.363 e. The lowest BCUT2D eigenvalue weighted by atomic mass is 10.0. The number of aryl methyl sites for hydroxylation is 1. The fourth-order valence-electron chi connectivity index (χ4n) is 3.86. The molecule has 3 amide bonds. The van der Waals surface area contributed by atoms with Crippen LogP contribution in [0, 0.1) is 0 Å². The van der Waals surface area contributed by atoms with Gasteiger partial charge in [-0.3, -0.25) is 9.59 Å². The summed E-state index contributed by atoms with van der Waals surface area (Å²) in [6.07, 6.45) is -1.36. The number of methoxy groups -OCH3 is 1. The summed E-state index contributed by atoms with van der Waals surface area (Å²) in [6, 6.07) is -1.43. The Hall–Kier alpha value is -2.67. The Morgan fingerprint density at radius 3 is 2.60 bits per heavy atom. The van der Waals surface area contributed by atoms with E-state index >= 15 is 0 Å². The van der Waals surface area contributed by atoms with Gasteiger partial charge in [-0.2, -0.15) is 0 Å². The minimum atomic E-state index is -4.11. The number of amides is 3. The van der Waals surface area contributed by atoms with E-state index in [1.54, 1.807) is 7.05 Å². The molecular weight excluding hydrogens is 528 g/mol. The van der Waals surface area contributed by atoms with Crippen LogP contribution in [0.5, 0.6) is 0 Å². The van der Waals surface area contributed by atoms with Crippen molar-refractivity contribution in [1.82, 2.24) is 25.5 Å². The zero-order valence-electron chi connectivity index (χ0n) is 18.6. The van der Waals surface area contributed by atoms with E-state index in [0.717, 1.165) is 25.8 Å². The SMILES string of the molecule is COC1C(=O)[N+]2(C=O)C(C(=O)SCC(NC(C)=O)C(=O)O)=C(CSc3nnnn3C)CS(=O)(=O)C12. The number of aromatic nitrogens is 4. The van der Waals surface area contributed by atoms with E-state index in [2.05, 4.69) is 20.8 Å². The highest BCUT2D eigenvalue weighted by atomic mass is 32.2. The fourth-order valence-corrected chi connectivity index (χ4v) is 8.09. The van der Waals surface area contributed by atoms with Crippen molar-refractivity contribution < 1.29 is 46.7 Å². The van der Waals surface area contributed by atoms with Crippen LogP contribution < -0.4 is 5.32 Å². The molecule has 18 heteroatoms. The molecule has 1 aromatic heterocycles. The third kappa shape index (κ3) is 4.75. The lowest BCUT2D eigenvalue weighted by molar-refractivity contribution is -0.779. The van der Waals surface area contributed by atoms with Gasteiger partial charge in [-0.25, -0.2) is 27.5 Å². The number of nitrogens with one attached hydrogen (secondary N) is 1. The summed E-state index contributed by atoms with van der Waals surface area (Å²) in [5.74, 6) is -4.17. The molecule has 0 aromatic carbocycles. The van der Waals surface area contributed by atoms with Crippen molar-refractivity contribution in [3.05, 3.63) is 11.3 Å². The average molecular weight is 550 g/mol. The standard InChI is InChI=1S/C17H20N6O9S3/c1-8(25)18-10(15(27)28)5-33-16(29)11-9(4-34-17-19-20-21-22(17)2)6-35(30,31)14-12(32-3)13(26)23(11,14)7-24/h7,10,12,14H,4-6H2,1-3H3,(H-,18,25,27,28)/p+1. The molecule has 15 nitrogen and oxygen atoms in total. The maximum absolute atomic E-state index is 13.3. The molecule has 3 heterocycles. The second kappa shape index (κ2) is 10.1. The molecule has 0 radical (unpaired) electrons. The van der Waals surface area contributed by atoms with Crippen LogP contribution >= 0.6 is 23.5 Å². The molecule has 1 aromatic rings. The summed E-state index contributed by atoms with van der Waals surface area (Å²) in [7, 11) is -1.45. The Kier molecular flexibility index (Phi) is 7.80. The number of carbonyl (C=O) groups excluding carboxylic acids is 4. The number of hydrogen-bond acceptors (Lipinski definition) is 13. The topological polar surface area (TPSA) is 205 Å². The van der Waals surface area contributed by atoms with Crippen molar-refractivity contribution >= 4 is 62.7 Å². The molecule has 4 unspecified atom stereocenters. The predicted molar refractivity (Wildman–Crippen MR) is 119 cm³/mol. The van der Waals surface area contributed by atoms with Gasteiger partial charge in [-0.05, 0) is 10.4 Å². The lowest BCUT2D eigenvalue weighted by Gasteiger charge is -2.50. The van der Waals surface area contributed by atoms with Gasteiger partial charge in [0.1, 0.15) is 6.04 Å². The van der Waals surface area contributed by atoms with Gasteiger partial charge in [0.05, 0.1) is 5.75 Å². The van der Waals surface area contributed by atoms with Gasteiger partial charge in [0, 0.05) is 38.2 Å². The Bertz CT molecular complexity index is 1230. The quantitative estimate of drug-likeness (QED) is 0.136. The van der Waals surface area contributed by atoms with Crippen LogP contribution in [0.2, 0.25) is 0 Å². The molecule has 0 spiro atoms. The van der Waals surface area contributed by atoms with E-state index in [9.17, 15) is 37.5 Å². The fraction of sp³-hybridized carbons (Fsp3) is 0.529. The molecule has 2 aliphatic rings. The number of sulfone groups is 1. The maximum atomic E-state index is 13.3. The highest BCUT2D eigenvalue weighted by Gasteiger charge is 2.76. The molecule has 1 fully saturated rings. The van der Waals surface area contributed by atoms with Gasteiger partial charge in [0.15, 0.2) is 0 Å². The van der Waals surface area contributed by atoms with Crippen LogP contribution in [0.3, 0.4) is 0 Å². The minimum absolute atomic E-state index is 0.0202. The number of imide groups is 1. The van der Waals surface area contributed by atoms with Crippen LogP contribution in [0.15, 0.2) is 16.4 Å². The molecule has 2 aliphatic heterocycles. The summed E-state index contributed by atoms with van der Waals surface area (Å²) >= 11 is 1.43. The zero-order valence-corrected chi connectivity index (χ0v) is 21.1. The number of tetrazole rings is 1. The first kappa shape index (κ1) is 26.9. The van der Waals surface area contributed by atoms with E-state index < -0.39 is 66.2 Å². The van der Waals surface area contributed by atoms with Crippen LogP contribution in [0.25, 0.3) is 0 Å². The number of carboxylic acid groups (broad SMARTS) is 1. The van der Waals surface area contributed by atoms with Gasteiger partial charge in [0.25, 0.3) is 5.12 Å².